The van der Waals surface area contributed by atoms with Gasteiger partial charge < -0.3 is 9.67 Å². The number of hydrogen-bond acceptors (Lipinski definition) is 4. The third kappa shape index (κ3) is 1.96. The first-order chi connectivity index (χ1) is 8.84. The molecule has 1 atom stereocenters. The van der Waals surface area contributed by atoms with Crippen LogP contribution in [0.5, 0.6) is 0 Å². The van der Waals surface area contributed by atoms with E-state index < -0.39 is 6.10 Å². The largest absolute Gasteiger partial charge is 0.386 e. The van der Waals surface area contributed by atoms with Crippen LogP contribution < -0.4 is 0 Å². The lowest BCUT2D eigenvalue weighted by atomic mass is 10.2. The van der Waals surface area contributed by atoms with E-state index in [0.29, 0.717) is 12.1 Å². The number of nitrogens with zero attached hydrogens (tertiary/aromatic N) is 4. The second-order valence-corrected chi connectivity index (χ2v) is 4.07. The number of aliphatic hydroxyl groups is 1. The summed E-state index contributed by atoms with van der Waals surface area (Å²) in [6.07, 6.45) is 5.79. The van der Waals surface area contributed by atoms with Crippen LogP contribution in [0.3, 0.4) is 0 Å². The highest BCUT2D eigenvalue weighted by Gasteiger charge is 2.10. The van der Waals surface area contributed by atoms with Crippen LogP contribution in [0, 0.1) is 0 Å². The summed E-state index contributed by atoms with van der Waals surface area (Å²) < 4.78 is 1.92. The van der Waals surface area contributed by atoms with Gasteiger partial charge in [0.15, 0.2) is 0 Å². The molecule has 5 nitrogen and oxygen atoms in total. The lowest BCUT2D eigenvalue weighted by Crippen LogP contribution is -2.08. The number of fused-ring (bicyclic) bond motifs is 1. The van der Waals surface area contributed by atoms with Gasteiger partial charge in [-0.1, -0.05) is 12.1 Å². The van der Waals surface area contributed by atoms with Gasteiger partial charge in [0, 0.05) is 18.0 Å². The SMILES string of the molecule is OC(Cn1cnc2ccccc21)c1cncnc1. The molecule has 0 aliphatic heterocycles. The van der Waals surface area contributed by atoms with Crippen LogP contribution in [-0.4, -0.2) is 24.6 Å². The summed E-state index contributed by atoms with van der Waals surface area (Å²) in [6, 6.07) is 7.83. The van der Waals surface area contributed by atoms with Gasteiger partial charge in [-0.05, 0) is 12.1 Å². The molecule has 0 amide bonds. The molecule has 1 N–H and O–H groups in total. The van der Waals surface area contributed by atoms with E-state index in [4.69, 9.17) is 0 Å². The molecule has 0 saturated carbocycles. The van der Waals surface area contributed by atoms with E-state index in [1.54, 1.807) is 18.7 Å². The lowest BCUT2D eigenvalue weighted by Gasteiger charge is -2.11. The molecule has 3 rings (SSSR count). The Bertz CT molecular complexity index is 650. The second kappa shape index (κ2) is 4.54. The summed E-state index contributed by atoms with van der Waals surface area (Å²) in [4.78, 5) is 12.1. The van der Waals surface area contributed by atoms with Crippen molar-refractivity contribution in [1.29, 1.82) is 0 Å². The van der Waals surface area contributed by atoms with Crippen LogP contribution in [0.1, 0.15) is 11.7 Å². The minimum atomic E-state index is -0.635. The van der Waals surface area contributed by atoms with Gasteiger partial charge in [0.2, 0.25) is 0 Å². The van der Waals surface area contributed by atoms with Gasteiger partial charge in [-0.3, -0.25) is 0 Å². The van der Waals surface area contributed by atoms with Gasteiger partial charge in [0.05, 0.1) is 30.0 Å². The molecular formula is C13H12N4O. The Morgan fingerprint density at radius 1 is 1.17 bits per heavy atom. The van der Waals surface area contributed by atoms with E-state index in [2.05, 4.69) is 15.0 Å². The predicted molar refractivity (Wildman–Crippen MR) is 66.7 cm³/mol. The normalized spacial score (nSPS) is 12.7. The molecule has 18 heavy (non-hydrogen) atoms. The molecule has 0 aliphatic rings. The summed E-state index contributed by atoms with van der Waals surface area (Å²) in [7, 11) is 0. The molecule has 0 radical (unpaired) electrons. The number of para-hydroxylation sites is 2. The quantitative estimate of drug-likeness (QED) is 0.754. The van der Waals surface area contributed by atoms with Crippen LogP contribution >= 0.6 is 0 Å². The number of imidazole rings is 1. The van der Waals surface area contributed by atoms with Gasteiger partial charge >= 0.3 is 0 Å². The topological polar surface area (TPSA) is 63.8 Å². The minimum absolute atomic E-state index is 0.438. The van der Waals surface area contributed by atoms with Gasteiger partial charge in [-0.2, -0.15) is 0 Å². The number of aliphatic hydroxyl groups excluding tert-OH is 1. The van der Waals surface area contributed by atoms with Gasteiger partial charge in [0.1, 0.15) is 6.33 Å². The average Bonchev–Trinajstić information content (AvgIpc) is 2.83. The predicted octanol–water partition coefficient (Wildman–Crippen LogP) is 1.56. The van der Waals surface area contributed by atoms with Crippen LogP contribution in [0.25, 0.3) is 11.0 Å². The Balaban J connectivity index is 1.89. The zero-order valence-corrected chi connectivity index (χ0v) is 9.64. The van der Waals surface area contributed by atoms with E-state index in [1.165, 1.54) is 6.33 Å². The number of rotatable bonds is 3. The highest BCUT2D eigenvalue weighted by atomic mass is 16.3. The number of aromatic nitrogens is 4. The number of hydrogen-bond donors (Lipinski definition) is 1. The van der Waals surface area contributed by atoms with Crippen molar-refractivity contribution in [2.24, 2.45) is 0 Å². The van der Waals surface area contributed by atoms with Crippen molar-refractivity contribution in [2.45, 2.75) is 12.6 Å². The first-order valence-electron chi connectivity index (χ1n) is 5.67. The van der Waals surface area contributed by atoms with Crippen molar-refractivity contribution in [3.05, 3.63) is 54.9 Å². The van der Waals surface area contributed by atoms with Crippen LogP contribution in [-0.2, 0) is 6.54 Å². The Labute approximate surface area is 104 Å². The van der Waals surface area contributed by atoms with Crippen LogP contribution in [0.15, 0.2) is 49.3 Å². The van der Waals surface area contributed by atoms with Crippen LogP contribution in [0.4, 0.5) is 0 Å². The first-order valence-corrected chi connectivity index (χ1v) is 5.67. The maximum atomic E-state index is 10.1. The molecule has 2 aromatic heterocycles. The fraction of sp³-hybridized carbons (Fsp3) is 0.154. The molecule has 1 unspecified atom stereocenters. The molecule has 0 spiro atoms. The highest BCUT2D eigenvalue weighted by Crippen LogP contribution is 2.17. The van der Waals surface area contributed by atoms with E-state index >= 15 is 0 Å². The van der Waals surface area contributed by atoms with Crippen molar-refractivity contribution < 1.29 is 5.11 Å². The third-order valence-electron chi connectivity index (χ3n) is 2.86. The summed E-state index contributed by atoms with van der Waals surface area (Å²) in [5.74, 6) is 0. The van der Waals surface area contributed by atoms with Gasteiger partial charge in [0.25, 0.3) is 0 Å². The standard InChI is InChI=1S/C13H12N4O/c18-13(10-5-14-8-15-6-10)7-17-9-16-11-3-1-2-4-12(11)17/h1-6,8-9,13,18H,7H2. The fourth-order valence-corrected chi connectivity index (χ4v) is 1.93. The van der Waals surface area contributed by atoms with Gasteiger partial charge in [-0.15, -0.1) is 0 Å². The Kier molecular flexibility index (Phi) is 2.74. The van der Waals surface area contributed by atoms with Crippen molar-refractivity contribution in [2.75, 3.05) is 0 Å². The summed E-state index contributed by atoms with van der Waals surface area (Å²) in [5.41, 5.74) is 2.64. The molecule has 0 fully saturated rings. The molecule has 0 bridgehead atoms. The molecule has 5 heteroatoms. The fourth-order valence-electron chi connectivity index (χ4n) is 1.93. The van der Waals surface area contributed by atoms with Crippen LogP contribution in [0.2, 0.25) is 0 Å². The highest BCUT2D eigenvalue weighted by molar-refractivity contribution is 5.74. The maximum Gasteiger partial charge on any atom is 0.115 e. The minimum Gasteiger partial charge on any atom is -0.386 e. The molecule has 0 saturated heterocycles. The van der Waals surface area contributed by atoms with E-state index in [-0.39, 0.29) is 0 Å². The smallest absolute Gasteiger partial charge is 0.115 e. The van der Waals surface area contributed by atoms with Crippen molar-refractivity contribution in [3.63, 3.8) is 0 Å². The second-order valence-electron chi connectivity index (χ2n) is 4.07. The maximum absolute atomic E-state index is 10.1. The molecule has 0 aliphatic carbocycles. The lowest BCUT2D eigenvalue weighted by molar-refractivity contribution is 0.157. The van der Waals surface area contributed by atoms with Crippen molar-refractivity contribution in [1.82, 2.24) is 19.5 Å². The Hall–Kier alpha value is -2.27. The first kappa shape index (κ1) is 10.9. The van der Waals surface area contributed by atoms with Gasteiger partial charge in [-0.25, -0.2) is 15.0 Å². The van der Waals surface area contributed by atoms with Crippen molar-refractivity contribution >= 4 is 11.0 Å². The summed E-state index contributed by atoms with van der Waals surface area (Å²) in [6.45, 7) is 0.438. The summed E-state index contributed by atoms with van der Waals surface area (Å²) >= 11 is 0. The molecule has 1 aromatic carbocycles. The van der Waals surface area contributed by atoms with E-state index in [0.717, 1.165) is 11.0 Å². The van der Waals surface area contributed by atoms with E-state index in [9.17, 15) is 5.11 Å². The Morgan fingerprint density at radius 2 is 1.94 bits per heavy atom. The zero-order chi connectivity index (χ0) is 12.4. The summed E-state index contributed by atoms with van der Waals surface area (Å²) in [5, 5.41) is 10.1. The average molecular weight is 240 g/mol. The number of benzene rings is 1. The molecule has 3 aromatic rings. The zero-order valence-electron chi connectivity index (χ0n) is 9.64. The molecular weight excluding hydrogens is 228 g/mol. The van der Waals surface area contributed by atoms with Crippen molar-refractivity contribution in [3.8, 4) is 0 Å². The molecule has 2 heterocycles. The van der Waals surface area contributed by atoms with E-state index in [1.807, 2.05) is 28.8 Å². The monoisotopic (exact) mass is 240 g/mol. The Morgan fingerprint density at radius 3 is 2.78 bits per heavy atom. The third-order valence-corrected chi connectivity index (χ3v) is 2.86. The molecule has 90 valence electrons.